The van der Waals surface area contributed by atoms with Crippen LogP contribution in [0.3, 0.4) is 0 Å². The van der Waals surface area contributed by atoms with Crippen molar-refractivity contribution < 1.29 is 17.9 Å². The Kier molecular flexibility index (Phi) is 6.39. The zero-order valence-corrected chi connectivity index (χ0v) is 13.6. The maximum absolute atomic E-state index is 12.6. The predicted molar refractivity (Wildman–Crippen MR) is 81.8 cm³/mol. The van der Waals surface area contributed by atoms with Gasteiger partial charge in [0.1, 0.15) is 6.54 Å². The van der Waals surface area contributed by atoms with Gasteiger partial charge in [-0.25, -0.2) is 8.42 Å². The lowest BCUT2D eigenvalue weighted by Crippen LogP contribution is -2.37. The van der Waals surface area contributed by atoms with E-state index in [9.17, 15) is 13.2 Å². The van der Waals surface area contributed by atoms with Gasteiger partial charge in [-0.15, -0.1) is 6.58 Å². The first-order chi connectivity index (χ1) is 9.84. The van der Waals surface area contributed by atoms with Crippen molar-refractivity contribution in [1.29, 1.82) is 0 Å². The van der Waals surface area contributed by atoms with Crippen LogP contribution in [0.5, 0.6) is 0 Å². The molecule has 0 saturated carbocycles. The van der Waals surface area contributed by atoms with Gasteiger partial charge in [0.2, 0.25) is 10.0 Å². The van der Waals surface area contributed by atoms with Crippen molar-refractivity contribution in [2.24, 2.45) is 0 Å². The summed E-state index contributed by atoms with van der Waals surface area (Å²) in [5, 5.41) is 0.353. The van der Waals surface area contributed by atoms with E-state index in [0.717, 1.165) is 4.31 Å². The van der Waals surface area contributed by atoms with Crippen molar-refractivity contribution >= 4 is 27.6 Å². The Morgan fingerprint density at radius 3 is 2.71 bits per heavy atom. The molecule has 0 bridgehead atoms. The first-order valence-corrected chi connectivity index (χ1v) is 8.18. The highest BCUT2D eigenvalue weighted by Gasteiger charge is 2.28. The lowest BCUT2D eigenvalue weighted by atomic mass is 10.2. The second-order valence-corrected chi connectivity index (χ2v) is 6.57. The number of ether oxygens (including phenoxy) is 1. The Labute approximate surface area is 130 Å². The molecule has 0 aromatic heterocycles. The van der Waals surface area contributed by atoms with Crippen LogP contribution in [-0.2, 0) is 19.6 Å². The minimum atomic E-state index is -3.85. The number of sulfonamides is 1. The van der Waals surface area contributed by atoms with Gasteiger partial charge in [-0.05, 0) is 31.5 Å². The van der Waals surface area contributed by atoms with E-state index in [1.54, 1.807) is 26.0 Å². The van der Waals surface area contributed by atoms with Crippen LogP contribution in [0.1, 0.15) is 12.5 Å². The molecule has 1 aromatic rings. The summed E-state index contributed by atoms with van der Waals surface area (Å²) in [6.07, 6.45) is 1.41. The maximum Gasteiger partial charge on any atom is 0.321 e. The molecular weight excluding hydrogens is 314 g/mol. The molecule has 0 atom stereocenters. The molecule has 0 aliphatic rings. The first kappa shape index (κ1) is 17.7. The van der Waals surface area contributed by atoms with E-state index in [1.165, 1.54) is 12.1 Å². The second kappa shape index (κ2) is 7.59. The van der Waals surface area contributed by atoms with E-state index in [2.05, 4.69) is 6.58 Å². The molecule has 0 N–H and O–H groups in total. The number of nitrogens with zero attached hydrogens (tertiary/aromatic N) is 1. The van der Waals surface area contributed by atoms with Crippen molar-refractivity contribution in [1.82, 2.24) is 4.31 Å². The summed E-state index contributed by atoms with van der Waals surface area (Å²) in [7, 11) is -3.85. The van der Waals surface area contributed by atoms with Crippen molar-refractivity contribution in [3.8, 4) is 0 Å². The summed E-state index contributed by atoms with van der Waals surface area (Å²) < 4.78 is 31.1. The highest BCUT2D eigenvalue weighted by molar-refractivity contribution is 7.89. The van der Waals surface area contributed by atoms with E-state index in [4.69, 9.17) is 16.3 Å². The van der Waals surface area contributed by atoms with Crippen molar-refractivity contribution in [2.45, 2.75) is 18.7 Å². The Balaban J connectivity index is 3.18. The molecule has 0 heterocycles. The monoisotopic (exact) mass is 331 g/mol. The Bertz CT molecular complexity index is 628. The fraction of sp³-hybridized carbons (Fsp3) is 0.357. The lowest BCUT2D eigenvalue weighted by molar-refractivity contribution is -0.143. The summed E-state index contributed by atoms with van der Waals surface area (Å²) in [5.74, 6) is -0.609. The zero-order chi connectivity index (χ0) is 16.0. The summed E-state index contributed by atoms with van der Waals surface area (Å²) in [5.41, 5.74) is 0.442. The average molecular weight is 332 g/mol. The lowest BCUT2D eigenvalue weighted by Gasteiger charge is -2.21. The highest BCUT2D eigenvalue weighted by Crippen LogP contribution is 2.25. The number of carbonyl (C=O) groups excluding carboxylic acids is 1. The molecule has 7 heteroatoms. The molecule has 0 radical (unpaired) electrons. The molecule has 0 amide bonds. The maximum atomic E-state index is 12.6. The first-order valence-electron chi connectivity index (χ1n) is 6.36. The molecule has 21 heavy (non-hydrogen) atoms. The topological polar surface area (TPSA) is 63.7 Å². The van der Waals surface area contributed by atoms with Gasteiger partial charge in [0, 0.05) is 11.6 Å². The van der Waals surface area contributed by atoms with Crippen molar-refractivity contribution in [3.63, 3.8) is 0 Å². The third kappa shape index (κ3) is 4.30. The number of esters is 1. The van der Waals surface area contributed by atoms with Crippen molar-refractivity contribution in [2.75, 3.05) is 19.7 Å². The molecule has 0 aliphatic heterocycles. The molecule has 0 unspecified atom stereocenters. The van der Waals surface area contributed by atoms with Gasteiger partial charge >= 0.3 is 5.97 Å². The Morgan fingerprint density at radius 2 is 2.14 bits per heavy atom. The predicted octanol–water partition coefficient (Wildman–Crippen LogP) is 2.39. The van der Waals surface area contributed by atoms with Crippen LogP contribution >= 0.6 is 11.6 Å². The highest BCUT2D eigenvalue weighted by atomic mass is 35.5. The SMILES string of the molecule is C=CCN(CC(=O)OCC)S(=O)(=O)c1cccc(Cl)c1C. The summed E-state index contributed by atoms with van der Waals surface area (Å²) in [6.45, 7) is 6.62. The van der Waals surface area contributed by atoms with E-state index in [0.29, 0.717) is 10.6 Å². The van der Waals surface area contributed by atoms with Gasteiger partial charge in [0.25, 0.3) is 0 Å². The standard InChI is InChI=1S/C14H18ClNO4S/c1-4-9-16(10-14(17)20-5-2)21(18,19)13-8-6-7-12(15)11(13)3/h4,6-8H,1,5,9-10H2,2-3H3. The van der Waals surface area contributed by atoms with Gasteiger partial charge in [0.05, 0.1) is 11.5 Å². The molecule has 0 spiro atoms. The van der Waals surface area contributed by atoms with Gasteiger partial charge < -0.3 is 4.74 Å². The fourth-order valence-electron chi connectivity index (χ4n) is 1.75. The summed E-state index contributed by atoms with van der Waals surface area (Å²) >= 11 is 5.96. The van der Waals surface area contributed by atoms with Crippen molar-refractivity contribution in [3.05, 3.63) is 41.4 Å². The molecule has 116 valence electrons. The molecule has 1 aromatic carbocycles. The summed E-state index contributed by atoms with van der Waals surface area (Å²) in [4.78, 5) is 11.6. The smallest absolute Gasteiger partial charge is 0.321 e. The van der Waals surface area contributed by atoms with Gasteiger partial charge in [0.15, 0.2) is 0 Å². The van der Waals surface area contributed by atoms with E-state index in [-0.39, 0.29) is 24.6 Å². The number of hydrogen-bond donors (Lipinski definition) is 0. The largest absolute Gasteiger partial charge is 0.465 e. The van der Waals surface area contributed by atoms with Crippen LogP contribution in [0.2, 0.25) is 5.02 Å². The van der Waals surface area contributed by atoms with Crippen LogP contribution in [0, 0.1) is 6.92 Å². The van der Waals surface area contributed by atoms with Gasteiger partial charge in [-0.2, -0.15) is 4.31 Å². The Morgan fingerprint density at radius 1 is 1.48 bits per heavy atom. The molecular formula is C14H18ClNO4S. The van der Waals surface area contributed by atoms with Crippen LogP contribution in [0.4, 0.5) is 0 Å². The third-order valence-corrected chi connectivity index (χ3v) is 5.14. The minimum Gasteiger partial charge on any atom is -0.465 e. The van der Waals surface area contributed by atoms with Gasteiger partial charge in [-0.1, -0.05) is 23.7 Å². The second-order valence-electron chi connectivity index (χ2n) is 4.25. The average Bonchev–Trinajstić information content (AvgIpc) is 2.41. The number of hydrogen-bond acceptors (Lipinski definition) is 4. The molecule has 5 nitrogen and oxygen atoms in total. The Hall–Kier alpha value is -1.37. The van der Waals surface area contributed by atoms with Crippen LogP contribution in [-0.4, -0.2) is 38.4 Å². The van der Waals surface area contributed by atoms with E-state index >= 15 is 0 Å². The van der Waals surface area contributed by atoms with Crippen LogP contribution in [0.25, 0.3) is 0 Å². The van der Waals surface area contributed by atoms with E-state index < -0.39 is 16.0 Å². The quantitative estimate of drug-likeness (QED) is 0.568. The summed E-state index contributed by atoms with van der Waals surface area (Å²) in [6, 6.07) is 4.62. The van der Waals surface area contributed by atoms with Crippen LogP contribution in [0.15, 0.2) is 35.7 Å². The minimum absolute atomic E-state index is 0.00704. The molecule has 0 saturated heterocycles. The van der Waals surface area contributed by atoms with E-state index in [1.807, 2.05) is 0 Å². The zero-order valence-electron chi connectivity index (χ0n) is 12.0. The normalized spacial score (nSPS) is 11.4. The fourth-order valence-corrected chi connectivity index (χ4v) is 3.58. The molecule has 1 rings (SSSR count). The van der Waals surface area contributed by atoms with Gasteiger partial charge in [-0.3, -0.25) is 4.79 Å². The number of benzene rings is 1. The molecule has 0 aliphatic carbocycles. The number of carbonyl (C=O) groups is 1. The number of rotatable bonds is 7. The molecule has 0 fully saturated rings. The third-order valence-electron chi connectivity index (χ3n) is 2.78. The number of halogens is 1. The van der Waals surface area contributed by atoms with Crippen LogP contribution < -0.4 is 0 Å².